The highest BCUT2D eigenvalue weighted by molar-refractivity contribution is 5.99. The molecule has 0 aliphatic rings. The Morgan fingerprint density at radius 1 is 0.529 bits per heavy atom. The van der Waals surface area contributed by atoms with Crippen LogP contribution in [0.4, 0.5) is 0 Å². The van der Waals surface area contributed by atoms with E-state index in [4.69, 9.17) is 18.9 Å². The summed E-state index contributed by atoms with van der Waals surface area (Å²) >= 11 is 0. The molecule has 0 amide bonds. The first-order chi connectivity index (χ1) is 15.8. The monoisotopic (exact) mass is 464 g/mol. The van der Waals surface area contributed by atoms with E-state index in [0.717, 1.165) is 0 Å². The predicted octanol–water partition coefficient (Wildman–Crippen LogP) is 4.77. The van der Waals surface area contributed by atoms with Gasteiger partial charge < -0.3 is 18.9 Å². The molecule has 0 saturated heterocycles. The minimum Gasteiger partial charge on any atom is -0.423 e. The van der Waals surface area contributed by atoms with Gasteiger partial charge in [0.05, 0.1) is 0 Å². The van der Waals surface area contributed by atoms with Crippen LogP contribution in [0.1, 0.15) is 27.7 Å². The molecule has 0 aliphatic heterocycles. The fraction of sp³-hybridized carbons (Fsp3) is 0.154. The quantitative estimate of drug-likeness (QED) is 0.313. The number of carbonyl (C=O) groups is 4. The van der Waals surface area contributed by atoms with E-state index in [-0.39, 0.29) is 45.3 Å². The Bertz CT molecular complexity index is 1280. The van der Waals surface area contributed by atoms with Gasteiger partial charge in [0.1, 0.15) is 11.5 Å². The molecule has 8 nitrogen and oxygen atoms in total. The van der Waals surface area contributed by atoms with Crippen LogP contribution in [0.15, 0.2) is 72.9 Å². The molecule has 0 N–H and O–H groups in total. The van der Waals surface area contributed by atoms with Crippen LogP contribution in [0, 0.1) is 0 Å². The molecule has 8 heteroatoms. The van der Waals surface area contributed by atoms with E-state index in [1.807, 2.05) is 0 Å². The Labute approximate surface area is 196 Å². The van der Waals surface area contributed by atoms with Crippen molar-refractivity contribution in [1.82, 2.24) is 0 Å². The maximum Gasteiger partial charge on any atom is 0.338 e. The minimum absolute atomic E-state index is 0.0135. The van der Waals surface area contributed by atoms with E-state index in [1.54, 1.807) is 0 Å². The van der Waals surface area contributed by atoms with Crippen molar-refractivity contribution in [2.75, 3.05) is 0 Å². The zero-order valence-corrected chi connectivity index (χ0v) is 19.4. The maximum absolute atomic E-state index is 12.2. The van der Waals surface area contributed by atoms with Gasteiger partial charge in [0.15, 0.2) is 11.5 Å². The number of ether oxygens (including phenoxy) is 4. The van der Waals surface area contributed by atoms with E-state index >= 15 is 0 Å². The van der Waals surface area contributed by atoms with Crippen molar-refractivity contribution in [3.05, 3.63) is 72.9 Å². The zero-order chi connectivity index (χ0) is 25.7. The molecule has 0 spiro atoms. The van der Waals surface area contributed by atoms with Crippen LogP contribution in [0.25, 0.3) is 10.8 Å². The summed E-state index contributed by atoms with van der Waals surface area (Å²) in [5.41, 5.74) is 0.489. The van der Waals surface area contributed by atoms with Gasteiger partial charge in [-0.2, -0.15) is 0 Å². The number of fused-ring (bicyclic) bond motifs is 1. The average Bonchev–Trinajstić information content (AvgIpc) is 2.73. The number of hydrogen-bond donors (Lipinski definition) is 0. The van der Waals surface area contributed by atoms with Crippen LogP contribution < -0.4 is 18.9 Å². The van der Waals surface area contributed by atoms with Crippen molar-refractivity contribution in [2.24, 2.45) is 0 Å². The third-order valence-electron chi connectivity index (χ3n) is 4.16. The van der Waals surface area contributed by atoms with Crippen molar-refractivity contribution >= 4 is 34.6 Å². The highest BCUT2D eigenvalue weighted by Crippen LogP contribution is 2.40. The Morgan fingerprint density at radius 3 is 1.35 bits per heavy atom. The molecule has 34 heavy (non-hydrogen) atoms. The lowest BCUT2D eigenvalue weighted by Crippen LogP contribution is -2.13. The van der Waals surface area contributed by atoms with Gasteiger partial charge in [0.25, 0.3) is 0 Å². The van der Waals surface area contributed by atoms with E-state index in [0.29, 0.717) is 10.8 Å². The predicted molar refractivity (Wildman–Crippen MR) is 126 cm³/mol. The molecule has 0 bridgehead atoms. The molecule has 0 unspecified atom stereocenters. The highest BCUT2D eigenvalue weighted by Gasteiger charge is 2.20. The molecule has 2 rings (SSSR count). The van der Waals surface area contributed by atoms with Crippen LogP contribution in [-0.4, -0.2) is 23.9 Å². The summed E-state index contributed by atoms with van der Waals surface area (Å²) in [6, 6.07) is 5.49. The standard InChI is InChI=1S/C26H24O8/c1-13(2)23(27)31-18-9-17-10-21(33-25(29)15(5)6)22(34-26(30)16(7)8)12-19(17)20(11-18)32-24(28)14(3)4/h9-12H,1,3,5,7H2,2,4,6,8H3. The second-order valence-corrected chi connectivity index (χ2v) is 7.62. The first-order valence-electron chi connectivity index (χ1n) is 9.92. The Hall–Kier alpha value is -4.46. The van der Waals surface area contributed by atoms with Crippen molar-refractivity contribution in [1.29, 1.82) is 0 Å². The molecule has 0 aromatic heterocycles. The van der Waals surface area contributed by atoms with Gasteiger partial charge >= 0.3 is 23.9 Å². The van der Waals surface area contributed by atoms with Gasteiger partial charge in [-0.1, -0.05) is 26.3 Å². The molecule has 0 atom stereocenters. The molecule has 0 fully saturated rings. The Kier molecular flexibility index (Phi) is 7.92. The molecule has 0 saturated carbocycles. The van der Waals surface area contributed by atoms with Crippen LogP contribution >= 0.6 is 0 Å². The molecule has 0 aliphatic carbocycles. The van der Waals surface area contributed by atoms with Crippen molar-refractivity contribution < 1.29 is 38.1 Å². The number of carbonyl (C=O) groups excluding carboxylic acids is 4. The molecule has 176 valence electrons. The average molecular weight is 464 g/mol. The highest BCUT2D eigenvalue weighted by atomic mass is 16.6. The fourth-order valence-electron chi connectivity index (χ4n) is 2.37. The van der Waals surface area contributed by atoms with E-state index in [9.17, 15) is 19.2 Å². The van der Waals surface area contributed by atoms with Gasteiger partial charge in [-0.15, -0.1) is 0 Å². The smallest absolute Gasteiger partial charge is 0.338 e. The molecular weight excluding hydrogens is 440 g/mol. The van der Waals surface area contributed by atoms with Gasteiger partial charge in [-0.25, -0.2) is 19.2 Å². The summed E-state index contributed by atoms with van der Waals surface area (Å²) in [6.07, 6.45) is 0. The van der Waals surface area contributed by atoms with Crippen molar-refractivity contribution in [3.63, 3.8) is 0 Å². The first kappa shape index (κ1) is 25.8. The maximum atomic E-state index is 12.2. The molecule has 2 aromatic carbocycles. The van der Waals surface area contributed by atoms with Gasteiger partial charge in [0, 0.05) is 33.7 Å². The van der Waals surface area contributed by atoms with Crippen LogP contribution in [0.5, 0.6) is 23.0 Å². The summed E-state index contributed by atoms with van der Waals surface area (Å²) in [5.74, 6) is -3.18. The first-order valence-corrected chi connectivity index (χ1v) is 9.92. The molecular formula is C26H24O8. The minimum atomic E-state index is -0.764. The number of benzene rings is 2. The van der Waals surface area contributed by atoms with Crippen LogP contribution in [-0.2, 0) is 19.2 Å². The summed E-state index contributed by atoms with van der Waals surface area (Å²) < 4.78 is 21.3. The van der Waals surface area contributed by atoms with Crippen molar-refractivity contribution in [3.8, 4) is 23.0 Å². The lowest BCUT2D eigenvalue weighted by molar-refractivity contribution is -0.132. The fourth-order valence-corrected chi connectivity index (χ4v) is 2.37. The lowest BCUT2D eigenvalue weighted by Gasteiger charge is -2.15. The van der Waals surface area contributed by atoms with Gasteiger partial charge in [-0.05, 0) is 51.3 Å². The van der Waals surface area contributed by atoms with Crippen LogP contribution in [0.2, 0.25) is 0 Å². The summed E-state index contributed by atoms with van der Waals surface area (Å²) in [4.78, 5) is 48.6. The molecule has 0 radical (unpaired) electrons. The van der Waals surface area contributed by atoms with Gasteiger partial charge in [0.2, 0.25) is 0 Å². The number of esters is 4. The van der Waals surface area contributed by atoms with Crippen molar-refractivity contribution in [2.45, 2.75) is 27.7 Å². The van der Waals surface area contributed by atoms with E-state index < -0.39 is 23.9 Å². The summed E-state index contributed by atoms with van der Waals surface area (Å²) in [7, 11) is 0. The number of hydrogen-bond acceptors (Lipinski definition) is 8. The Balaban J connectivity index is 2.77. The lowest BCUT2D eigenvalue weighted by atomic mass is 10.1. The molecule has 2 aromatic rings. The second-order valence-electron chi connectivity index (χ2n) is 7.62. The largest absolute Gasteiger partial charge is 0.423 e. The summed E-state index contributed by atoms with van der Waals surface area (Å²) in [5, 5.41) is 0.639. The Morgan fingerprint density at radius 2 is 0.912 bits per heavy atom. The van der Waals surface area contributed by atoms with Gasteiger partial charge in [-0.3, -0.25) is 0 Å². The van der Waals surface area contributed by atoms with Crippen LogP contribution in [0.3, 0.4) is 0 Å². The SMILES string of the molecule is C=C(C)C(=O)Oc1cc(OC(=O)C(=C)C)c2cc(OC(=O)C(=C)C)c(OC(=O)C(=C)C)cc2c1. The number of rotatable bonds is 8. The second kappa shape index (κ2) is 10.4. The van der Waals surface area contributed by atoms with E-state index in [1.165, 1.54) is 52.0 Å². The third-order valence-corrected chi connectivity index (χ3v) is 4.16. The third kappa shape index (κ3) is 6.29. The zero-order valence-electron chi connectivity index (χ0n) is 19.4. The molecule has 0 heterocycles. The van der Waals surface area contributed by atoms with E-state index in [2.05, 4.69) is 26.3 Å². The topological polar surface area (TPSA) is 105 Å². The summed E-state index contributed by atoms with van der Waals surface area (Å²) in [6.45, 7) is 20.0. The normalized spacial score (nSPS) is 10.1.